The third kappa shape index (κ3) is 3.82. The van der Waals surface area contributed by atoms with E-state index in [1.807, 2.05) is 19.9 Å². The maximum absolute atomic E-state index is 12.5. The first-order valence-electron chi connectivity index (χ1n) is 8.88. The van der Waals surface area contributed by atoms with Gasteiger partial charge in [0, 0.05) is 17.4 Å². The molecule has 2 aromatic rings. The summed E-state index contributed by atoms with van der Waals surface area (Å²) in [5.74, 6) is 0.628. The van der Waals surface area contributed by atoms with Gasteiger partial charge < -0.3 is 5.32 Å². The summed E-state index contributed by atoms with van der Waals surface area (Å²) in [6.07, 6.45) is 5.44. The van der Waals surface area contributed by atoms with E-state index in [0.29, 0.717) is 23.0 Å². The molecule has 0 radical (unpaired) electrons. The molecule has 0 spiro atoms. The van der Waals surface area contributed by atoms with Crippen LogP contribution in [0.15, 0.2) is 6.07 Å². The molecule has 0 atom stereocenters. The molecule has 1 fully saturated rings. The Labute approximate surface area is 152 Å². The lowest BCUT2D eigenvalue weighted by Gasteiger charge is -2.22. The summed E-state index contributed by atoms with van der Waals surface area (Å²) in [6, 6.07) is 3.80. The van der Waals surface area contributed by atoms with Crippen LogP contribution in [-0.4, -0.2) is 31.8 Å². The Balaban J connectivity index is 1.90. The molecule has 1 aliphatic carbocycles. The molecule has 0 unspecified atom stereocenters. The molecule has 0 saturated heterocycles. The summed E-state index contributed by atoms with van der Waals surface area (Å²) in [7, 11) is 0. The Bertz CT molecular complexity index is 839. The van der Waals surface area contributed by atoms with Gasteiger partial charge in [-0.15, -0.1) is 0 Å². The number of nitriles is 1. The largest absolute Gasteiger partial charge is 0.335 e. The number of aromatic nitrogens is 4. The number of carbonyl (C=O) groups is 1. The van der Waals surface area contributed by atoms with E-state index < -0.39 is 0 Å². The maximum Gasteiger partial charge on any atom is 0.320 e. The van der Waals surface area contributed by atoms with Crippen LogP contribution in [-0.2, 0) is 0 Å². The maximum atomic E-state index is 12.5. The molecule has 1 aliphatic rings. The number of nitrogens with one attached hydrogen (secondary N) is 2. The van der Waals surface area contributed by atoms with Crippen molar-refractivity contribution in [2.75, 3.05) is 5.32 Å². The highest BCUT2D eigenvalue weighted by atomic mass is 16.2. The van der Waals surface area contributed by atoms with Gasteiger partial charge in [-0.1, -0.05) is 19.3 Å². The first-order valence-corrected chi connectivity index (χ1v) is 8.88. The van der Waals surface area contributed by atoms with E-state index in [9.17, 15) is 10.1 Å². The molecule has 26 heavy (non-hydrogen) atoms. The Morgan fingerprint density at radius 1 is 1.19 bits per heavy atom. The van der Waals surface area contributed by atoms with Crippen LogP contribution in [0.5, 0.6) is 0 Å². The van der Waals surface area contributed by atoms with Crippen molar-refractivity contribution in [1.29, 1.82) is 5.26 Å². The quantitative estimate of drug-likeness (QED) is 0.882. The Morgan fingerprint density at radius 3 is 2.46 bits per heavy atom. The first kappa shape index (κ1) is 17.9. The summed E-state index contributed by atoms with van der Waals surface area (Å²) in [6.45, 7) is 5.45. The van der Waals surface area contributed by atoms with Crippen LogP contribution in [0.1, 0.15) is 54.7 Å². The number of hydrogen-bond donors (Lipinski definition) is 2. The molecule has 8 nitrogen and oxygen atoms in total. The highest BCUT2D eigenvalue weighted by molar-refractivity contribution is 5.90. The van der Waals surface area contributed by atoms with E-state index in [2.05, 4.69) is 31.8 Å². The minimum Gasteiger partial charge on any atom is -0.335 e. The predicted molar refractivity (Wildman–Crippen MR) is 97.1 cm³/mol. The molecule has 1 saturated carbocycles. The van der Waals surface area contributed by atoms with E-state index in [4.69, 9.17) is 0 Å². The van der Waals surface area contributed by atoms with E-state index >= 15 is 0 Å². The van der Waals surface area contributed by atoms with E-state index in [-0.39, 0.29) is 12.1 Å². The van der Waals surface area contributed by atoms with E-state index in [0.717, 1.165) is 37.1 Å². The summed E-state index contributed by atoms with van der Waals surface area (Å²) in [5, 5.41) is 19.6. The van der Waals surface area contributed by atoms with Gasteiger partial charge in [0.15, 0.2) is 5.82 Å². The Hall–Kier alpha value is -2.95. The second kappa shape index (κ2) is 7.52. The average molecular weight is 353 g/mol. The Morgan fingerprint density at radius 2 is 1.85 bits per heavy atom. The zero-order valence-corrected chi connectivity index (χ0v) is 15.3. The third-order valence-electron chi connectivity index (χ3n) is 4.50. The molecule has 0 aliphatic heterocycles. The molecule has 8 heteroatoms. The van der Waals surface area contributed by atoms with Crippen LogP contribution < -0.4 is 10.6 Å². The normalized spacial score (nSPS) is 14.7. The summed E-state index contributed by atoms with van der Waals surface area (Å²) in [4.78, 5) is 21.2. The van der Waals surface area contributed by atoms with Gasteiger partial charge in [0.25, 0.3) is 5.95 Å². The van der Waals surface area contributed by atoms with Gasteiger partial charge in [-0.2, -0.15) is 15.0 Å². The van der Waals surface area contributed by atoms with Gasteiger partial charge >= 0.3 is 6.03 Å². The van der Waals surface area contributed by atoms with E-state index in [1.54, 1.807) is 6.92 Å². The summed E-state index contributed by atoms with van der Waals surface area (Å²) >= 11 is 0. The fourth-order valence-corrected chi connectivity index (χ4v) is 3.30. The number of nitrogens with zero attached hydrogens (tertiary/aromatic N) is 5. The van der Waals surface area contributed by atoms with E-state index in [1.165, 1.54) is 11.1 Å². The summed E-state index contributed by atoms with van der Waals surface area (Å²) < 4.78 is 1.42. The number of urea groups is 1. The first-order chi connectivity index (χ1) is 12.5. The molecular formula is C18H23N7O. The van der Waals surface area contributed by atoms with Crippen LogP contribution >= 0.6 is 0 Å². The van der Waals surface area contributed by atoms with Crippen molar-refractivity contribution < 1.29 is 4.79 Å². The second-order valence-corrected chi connectivity index (χ2v) is 6.72. The topological polar surface area (TPSA) is 109 Å². The SMILES string of the molecule is Cc1cc(C)nc(-n2nc(C)c(C#N)c2NC(=O)NC2CCCCC2)n1. The van der Waals surface area contributed by atoms with Crippen molar-refractivity contribution >= 4 is 11.8 Å². The van der Waals surface area contributed by atoms with Gasteiger partial charge in [0.05, 0.1) is 5.69 Å². The smallest absolute Gasteiger partial charge is 0.320 e. The molecule has 0 aromatic carbocycles. The lowest BCUT2D eigenvalue weighted by atomic mass is 9.96. The van der Waals surface area contributed by atoms with Crippen LogP contribution in [0.25, 0.3) is 5.95 Å². The predicted octanol–water partition coefficient (Wildman–Crippen LogP) is 2.91. The molecular weight excluding hydrogens is 330 g/mol. The molecule has 2 aromatic heterocycles. The number of carbonyl (C=O) groups excluding carboxylic acids is 1. The molecule has 2 heterocycles. The van der Waals surface area contributed by atoms with Crippen molar-refractivity contribution in [3.63, 3.8) is 0 Å². The number of amides is 2. The fourth-order valence-electron chi connectivity index (χ4n) is 3.30. The third-order valence-corrected chi connectivity index (χ3v) is 4.50. The van der Waals surface area contributed by atoms with Crippen LogP contribution in [0.4, 0.5) is 10.6 Å². The van der Waals surface area contributed by atoms with Crippen molar-refractivity contribution in [2.45, 2.75) is 58.9 Å². The summed E-state index contributed by atoms with van der Waals surface area (Å²) in [5.41, 5.74) is 2.41. The number of aryl methyl sites for hydroxylation is 3. The minimum atomic E-state index is -0.334. The van der Waals surface area contributed by atoms with Gasteiger partial charge in [0.1, 0.15) is 11.6 Å². The fraction of sp³-hybridized carbons (Fsp3) is 0.500. The van der Waals surface area contributed by atoms with Crippen molar-refractivity contribution in [3.05, 3.63) is 28.7 Å². The lowest BCUT2D eigenvalue weighted by molar-refractivity contribution is 0.244. The average Bonchev–Trinajstić information content (AvgIpc) is 2.90. The highest BCUT2D eigenvalue weighted by Crippen LogP contribution is 2.22. The number of rotatable bonds is 3. The van der Waals surface area contributed by atoms with Crippen molar-refractivity contribution in [2.24, 2.45) is 0 Å². The van der Waals surface area contributed by atoms with Crippen molar-refractivity contribution in [1.82, 2.24) is 25.1 Å². The zero-order valence-electron chi connectivity index (χ0n) is 15.3. The Kier molecular flexibility index (Phi) is 5.16. The van der Waals surface area contributed by atoms with Crippen LogP contribution in [0.2, 0.25) is 0 Å². The minimum absolute atomic E-state index is 0.171. The van der Waals surface area contributed by atoms with Crippen molar-refractivity contribution in [3.8, 4) is 12.0 Å². The van der Waals surface area contributed by atoms with Crippen LogP contribution in [0, 0.1) is 32.1 Å². The van der Waals surface area contributed by atoms with Gasteiger partial charge in [0.2, 0.25) is 0 Å². The highest BCUT2D eigenvalue weighted by Gasteiger charge is 2.22. The molecule has 136 valence electrons. The number of anilines is 1. The second-order valence-electron chi connectivity index (χ2n) is 6.72. The molecule has 2 N–H and O–H groups in total. The monoisotopic (exact) mass is 353 g/mol. The molecule has 3 rings (SSSR count). The van der Waals surface area contributed by atoms with Gasteiger partial charge in [-0.25, -0.2) is 14.8 Å². The molecule has 2 amide bonds. The lowest BCUT2D eigenvalue weighted by Crippen LogP contribution is -2.39. The van der Waals surface area contributed by atoms with Gasteiger partial charge in [-0.05, 0) is 39.7 Å². The molecule has 0 bridgehead atoms. The van der Waals surface area contributed by atoms with Crippen LogP contribution in [0.3, 0.4) is 0 Å². The van der Waals surface area contributed by atoms with Gasteiger partial charge in [-0.3, -0.25) is 5.32 Å². The standard InChI is InChI=1S/C18H23N7O/c1-11-9-12(2)21-17(20-11)25-16(15(10-19)13(3)24-25)23-18(26)22-14-7-5-4-6-8-14/h9,14H,4-8H2,1-3H3,(H2,22,23,26). The zero-order chi connectivity index (χ0) is 18.7. The number of hydrogen-bond acceptors (Lipinski definition) is 5.